The Morgan fingerprint density at radius 1 is 1.39 bits per heavy atom. The zero-order valence-corrected chi connectivity index (χ0v) is 12.1. The van der Waals surface area contributed by atoms with Gasteiger partial charge >= 0.3 is 0 Å². The number of nitrogens with zero attached hydrogens (tertiary/aromatic N) is 1. The molecule has 1 unspecified atom stereocenters. The van der Waals surface area contributed by atoms with E-state index in [1.165, 1.54) is 0 Å². The average Bonchev–Trinajstić information content (AvgIpc) is 2.63. The van der Waals surface area contributed by atoms with Gasteiger partial charge in [-0.05, 0) is 27.3 Å². The minimum absolute atomic E-state index is 0.222. The highest BCUT2D eigenvalue weighted by Crippen LogP contribution is 2.12. The standard InChI is InChI=1S/C11H21N3O3S/c1-5-12-6-8(2)18(15,16)13-7-11-9(3)14-17-10(11)4/h8,12-13H,5-7H2,1-4H3. The van der Waals surface area contributed by atoms with Gasteiger partial charge in [-0.3, -0.25) is 0 Å². The molecule has 104 valence electrons. The van der Waals surface area contributed by atoms with E-state index in [1.54, 1.807) is 20.8 Å². The van der Waals surface area contributed by atoms with Crippen LogP contribution in [0, 0.1) is 13.8 Å². The van der Waals surface area contributed by atoms with Crippen LogP contribution in [0.3, 0.4) is 0 Å². The first-order chi connectivity index (χ1) is 8.38. The van der Waals surface area contributed by atoms with E-state index in [4.69, 9.17) is 4.52 Å². The molecule has 1 aromatic rings. The Hall–Kier alpha value is -0.920. The van der Waals surface area contributed by atoms with Crippen LogP contribution < -0.4 is 10.0 Å². The van der Waals surface area contributed by atoms with Gasteiger partial charge in [0.05, 0.1) is 10.9 Å². The maximum Gasteiger partial charge on any atom is 0.215 e. The van der Waals surface area contributed by atoms with Crippen LogP contribution in [0.25, 0.3) is 0 Å². The van der Waals surface area contributed by atoms with Crippen LogP contribution in [0.1, 0.15) is 30.9 Å². The molecule has 7 heteroatoms. The van der Waals surface area contributed by atoms with Crippen LogP contribution in [-0.4, -0.2) is 31.9 Å². The maximum absolute atomic E-state index is 12.0. The van der Waals surface area contributed by atoms with E-state index in [2.05, 4.69) is 15.2 Å². The lowest BCUT2D eigenvalue weighted by atomic mass is 10.2. The lowest BCUT2D eigenvalue weighted by molar-refractivity contribution is 0.392. The molecule has 0 aliphatic rings. The van der Waals surface area contributed by atoms with Crippen molar-refractivity contribution in [1.29, 1.82) is 0 Å². The van der Waals surface area contributed by atoms with E-state index >= 15 is 0 Å². The van der Waals surface area contributed by atoms with Gasteiger partial charge in [0.2, 0.25) is 10.0 Å². The quantitative estimate of drug-likeness (QED) is 0.765. The Labute approximate surface area is 108 Å². The monoisotopic (exact) mass is 275 g/mol. The molecule has 0 aromatic carbocycles. The van der Waals surface area contributed by atoms with E-state index in [0.717, 1.165) is 17.8 Å². The second-order valence-corrected chi connectivity index (χ2v) is 6.47. The summed E-state index contributed by atoms with van der Waals surface area (Å²) in [6, 6.07) is 0. The first-order valence-electron chi connectivity index (χ1n) is 5.99. The number of nitrogens with one attached hydrogen (secondary N) is 2. The Bertz CT molecular complexity index is 462. The Morgan fingerprint density at radius 3 is 2.56 bits per heavy atom. The van der Waals surface area contributed by atoms with Crippen molar-refractivity contribution < 1.29 is 12.9 Å². The molecule has 0 aliphatic heterocycles. The number of hydrogen-bond acceptors (Lipinski definition) is 5. The highest BCUT2D eigenvalue weighted by molar-refractivity contribution is 7.90. The minimum atomic E-state index is -3.32. The summed E-state index contributed by atoms with van der Waals surface area (Å²) in [6.07, 6.45) is 0. The predicted octanol–water partition coefficient (Wildman–Crippen LogP) is 0.709. The predicted molar refractivity (Wildman–Crippen MR) is 69.7 cm³/mol. The van der Waals surface area contributed by atoms with Crippen LogP contribution in [0.15, 0.2) is 4.52 Å². The largest absolute Gasteiger partial charge is 0.361 e. The van der Waals surface area contributed by atoms with Crippen molar-refractivity contribution >= 4 is 10.0 Å². The molecule has 1 heterocycles. The summed E-state index contributed by atoms with van der Waals surface area (Å²) in [7, 11) is -3.32. The Balaban J connectivity index is 2.62. The van der Waals surface area contributed by atoms with Gasteiger partial charge in [-0.25, -0.2) is 13.1 Å². The highest BCUT2D eigenvalue weighted by Gasteiger charge is 2.21. The molecular formula is C11H21N3O3S. The third-order valence-electron chi connectivity index (χ3n) is 2.84. The second kappa shape index (κ2) is 6.31. The number of rotatable bonds is 7. The summed E-state index contributed by atoms with van der Waals surface area (Å²) in [6.45, 7) is 8.60. The lowest BCUT2D eigenvalue weighted by Gasteiger charge is -2.14. The fourth-order valence-electron chi connectivity index (χ4n) is 1.53. The molecule has 1 rings (SSSR count). The fourth-order valence-corrected chi connectivity index (χ4v) is 2.49. The smallest absolute Gasteiger partial charge is 0.215 e. The maximum atomic E-state index is 12.0. The van der Waals surface area contributed by atoms with Gasteiger partial charge in [0, 0.05) is 18.7 Å². The molecule has 0 saturated heterocycles. The Kier molecular flexibility index (Phi) is 5.30. The molecule has 0 saturated carbocycles. The molecule has 18 heavy (non-hydrogen) atoms. The van der Waals surface area contributed by atoms with Gasteiger partial charge in [0.1, 0.15) is 5.76 Å². The third kappa shape index (κ3) is 3.79. The van der Waals surface area contributed by atoms with Crippen LogP contribution in [0.2, 0.25) is 0 Å². The van der Waals surface area contributed by atoms with Crippen molar-refractivity contribution in [3.05, 3.63) is 17.0 Å². The van der Waals surface area contributed by atoms with E-state index in [-0.39, 0.29) is 6.54 Å². The van der Waals surface area contributed by atoms with Gasteiger partial charge in [-0.15, -0.1) is 0 Å². The number of hydrogen-bond donors (Lipinski definition) is 2. The van der Waals surface area contributed by atoms with Crippen molar-refractivity contribution in [1.82, 2.24) is 15.2 Å². The van der Waals surface area contributed by atoms with Gasteiger partial charge in [-0.2, -0.15) is 0 Å². The zero-order valence-electron chi connectivity index (χ0n) is 11.3. The molecule has 1 atom stereocenters. The molecule has 6 nitrogen and oxygen atoms in total. The number of sulfonamides is 1. The van der Waals surface area contributed by atoms with Crippen LogP contribution >= 0.6 is 0 Å². The molecule has 1 aromatic heterocycles. The second-order valence-electron chi connectivity index (χ2n) is 4.29. The minimum Gasteiger partial charge on any atom is -0.361 e. The fraction of sp³-hybridized carbons (Fsp3) is 0.727. The van der Waals surface area contributed by atoms with Gasteiger partial charge < -0.3 is 9.84 Å². The first-order valence-corrected chi connectivity index (χ1v) is 7.54. The van der Waals surface area contributed by atoms with Crippen molar-refractivity contribution in [3.8, 4) is 0 Å². The molecule has 0 radical (unpaired) electrons. The molecule has 0 spiro atoms. The first kappa shape index (κ1) is 15.1. The highest BCUT2D eigenvalue weighted by atomic mass is 32.2. The van der Waals surface area contributed by atoms with Crippen molar-refractivity contribution in [2.75, 3.05) is 13.1 Å². The number of aryl methyl sites for hydroxylation is 2. The molecule has 0 fully saturated rings. The zero-order chi connectivity index (χ0) is 13.8. The number of aromatic nitrogens is 1. The topological polar surface area (TPSA) is 84.2 Å². The van der Waals surface area contributed by atoms with E-state index in [0.29, 0.717) is 12.3 Å². The third-order valence-corrected chi connectivity index (χ3v) is 4.62. The summed E-state index contributed by atoms with van der Waals surface area (Å²) in [4.78, 5) is 0. The Morgan fingerprint density at radius 2 is 2.06 bits per heavy atom. The van der Waals surface area contributed by atoms with Crippen molar-refractivity contribution in [3.63, 3.8) is 0 Å². The molecule has 2 N–H and O–H groups in total. The molecule has 0 amide bonds. The molecule has 0 aliphatic carbocycles. The van der Waals surface area contributed by atoms with E-state index in [9.17, 15) is 8.42 Å². The normalized spacial score (nSPS) is 13.8. The molecular weight excluding hydrogens is 254 g/mol. The van der Waals surface area contributed by atoms with Gasteiger partial charge in [0.15, 0.2) is 0 Å². The summed E-state index contributed by atoms with van der Waals surface area (Å²) < 4.78 is 31.5. The van der Waals surface area contributed by atoms with Gasteiger partial charge in [0.25, 0.3) is 0 Å². The SMILES string of the molecule is CCNCC(C)S(=O)(=O)NCc1c(C)noc1C. The van der Waals surface area contributed by atoms with E-state index in [1.807, 2.05) is 6.92 Å². The van der Waals surface area contributed by atoms with Crippen LogP contribution in [0.5, 0.6) is 0 Å². The van der Waals surface area contributed by atoms with E-state index < -0.39 is 15.3 Å². The summed E-state index contributed by atoms with van der Waals surface area (Å²) >= 11 is 0. The molecule has 0 bridgehead atoms. The van der Waals surface area contributed by atoms with Crippen LogP contribution in [0.4, 0.5) is 0 Å². The lowest BCUT2D eigenvalue weighted by Crippen LogP contribution is -2.38. The average molecular weight is 275 g/mol. The van der Waals surface area contributed by atoms with Gasteiger partial charge in [-0.1, -0.05) is 12.1 Å². The summed E-state index contributed by atoms with van der Waals surface area (Å²) in [5.41, 5.74) is 1.52. The van der Waals surface area contributed by atoms with Crippen molar-refractivity contribution in [2.24, 2.45) is 0 Å². The summed E-state index contributed by atoms with van der Waals surface area (Å²) in [5.74, 6) is 0.648. The van der Waals surface area contributed by atoms with Crippen molar-refractivity contribution in [2.45, 2.75) is 39.5 Å². The summed E-state index contributed by atoms with van der Waals surface area (Å²) in [5, 5.41) is 6.34. The van der Waals surface area contributed by atoms with Crippen LogP contribution in [-0.2, 0) is 16.6 Å².